The van der Waals surface area contributed by atoms with Crippen LogP contribution in [-0.2, 0) is 4.79 Å². The van der Waals surface area contributed by atoms with Gasteiger partial charge in [0.2, 0.25) is 11.9 Å². The topological polar surface area (TPSA) is 73.4 Å². The molecule has 144 valence electrons. The second-order valence-electron chi connectivity index (χ2n) is 7.06. The number of fused-ring (bicyclic) bond motifs is 1. The van der Waals surface area contributed by atoms with Crippen molar-refractivity contribution in [2.24, 2.45) is 0 Å². The largest absolute Gasteiger partial charge is 0.353 e. The van der Waals surface area contributed by atoms with E-state index in [-0.39, 0.29) is 5.91 Å². The summed E-state index contributed by atoms with van der Waals surface area (Å²) in [5.41, 5.74) is 2.55. The molecule has 0 atom stereocenters. The predicted octanol–water partition coefficient (Wildman–Crippen LogP) is 3.08. The molecule has 28 heavy (non-hydrogen) atoms. The van der Waals surface area contributed by atoms with Crippen LogP contribution in [0, 0.1) is 0 Å². The van der Waals surface area contributed by atoms with Crippen molar-refractivity contribution >= 4 is 40.0 Å². The Morgan fingerprint density at radius 1 is 0.929 bits per heavy atom. The quantitative estimate of drug-likeness (QED) is 0.729. The average molecular weight is 376 g/mol. The van der Waals surface area contributed by atoms with Gasteiger partial charge < -0.3 is 20.4 Å². The molecule has 0 radical (unpaired) electrons. The van der Waals surface area contributed by atoms with Crippen LogP contribution in [-0.4, -0.2) is 54.0 Å². The van der Waals surface area contributed by atoms with Crippen molar-refractivity contribution in [2.45, 2.75) is 6.92 Å². The molecule has 7 heteroatoms. The fourth-order valence-corrected chi connectivity index (χ4v) is 3.34. The van der Waals surface area contributed by atoms with Crippen molar-refractivity contribution < 1.29 is 4.79 Å². The maximum Gasteiger partial charge on any atom is 0.229 e. The van der Waals surface area contributed by atoms with Gasteiger partial charge in [0, 0.05) is 49.9 Å². The number of hydrogen-bond donors (Lipinski definition) is 2. The van der Waals surface area contributed by atoms with Crippen molar-refractivity contribution in [3.63, 3.8) is 0 Å². The number of benzene rings is 2. The van der Waals surface area contributed by atoms with Crippen molar-refractivity contribution in [1.82, 2.24) is 14.9 Å². The molecule has 1 saturated heterocycles. The highest BCUT2D eigenvalue weighted by atomic mass is 16.1. The fourth-order valence-electron chi connectivity index (χ4n) is 3.34. The third-order valence-corrected chi connectivity index (χ3v) is 4.85. The lowest BCUT2D eigenvalue weighted by molar-refractivity contribution is -0.114. The van der Waals surface area contributed by atoms with E-state index in [1.807, 2.05) is 42.5 Å². The maximum absolute atomic E-state index is 11.2. The van der Waals surface area contributed by atoms with Gasteiger partial charge in [-0.1, -0.05) is 12.1 Å². The first-order chi connectivity index (χ1) is 13.6. The summed E-state index contributed by atoms with van der Waals surface area (Å²) >= 11 is 0. The number of anilines is 4. The fraction of sp³-hybridized carbons (Fsp3) is 0.286. The molecule has 0 saturated carbocycles. The van der Waals surface area contributed by atoms with Crippen LogP contribution in [0.3, 0.4) is 0 Å². The number of amides is 1. The Hall–Kier alpha value is -3.19. The Kier molecular flexibility index (Phi) is 5.08. The van der Waals surface area contributed by atoms with Crippen LogP contribution in [0.2, 0.25) is 0 Å². The monoisotopic (exact) mass is 376 g/mol. The summed E-state index contributed by atoms with van der Waals surface area (Å²) in [5, 5.41) is 7.13. The molecule has 1 amide bonds. The number of nitrogens with zero attached hydrogens (tertiary/aromatic N) is 4. The Bertz CT molecular complexity index is 980. The summed E-state index contributed by atoms with van der Waals surface area (Å²) in [5.74, 6) is 1.45. The van der Waals surface area contributed by atoms with E-state index in [9.17, 15) is 4.79 Å². The first-order valence-corrected chi connectivity index (χ1v) is 9.43. The molecule has 0 aliphatic carbocycles. The van der Waals surface area contributed by atoms with Gasteiger partial charge in [-0.15, -0.1) is 0 Å². The van der Waals surface area contributed by atoms with Gasteiger partial charge in [-0.05, 0) is 43.4 Å². The highest BCUT2D eigenvalue weighted by molar-refractivity contribution is 5.91. The average Bonchev–Trinajstić information content (AvgIpc) is 2.69. The van der Waals surface area contributed by atoms with E-state index in [2.05, 4.69) is 38.5 Å². The number of carbonyl (C=O) groups excluding carboxylic acids is 1. The molecule has 1 aromatic heterocycles. The Morgan fingerprint density at radius 3 is 2.32 bits per heavy atom. The number of piperazine rings is 1. The molecule has 2 heterocycles. The molecule has 2 aromatic carbocycles. The van der Waals surface area contributed by atoms with E-state index in [1.54, 1.807) is 0 Å². The van der Waals surface area contributed by atoms with E-state index >= 15 is 0 Å². The molecular formula is C21H24N6O. The van der Waals surface area contributed by atoms with Gasteiger partial charge in [0.15, 0.2) is 0 Å². The van der Waals surface area contributed by atoms with Crippen molar-refractivity contribution in [3.8, 4) is 0 Å². The Morgan fingerprint density at radius 2 is 1.61 bits per heavy atom. The van der Waals surface area contributed by atoms with Gasteiger partial charge in [-0.2, -0.15) is 4.98 Å². The highest BCUT2D eigenvalue weighted by Crippen LogP contribution is 2.27. The van der Waals surface area contributed by atoms with Crippen LogP contribution in [0.1, 0.15) is 6.92 Å². The van der Waals surface area contributed by atoms with E-state index in [0.717, 1.165) is 54.3 Å². The van der Waals surface area contributed by atoms with E-state index in [0.29, 0.717) is 5.95 Å². The predicted molar refractivity (Wildman–Crippen MR) is 113 cm³/mol. The molecule has 1 fully saturated rings. The first-order valence-electron chi connectivity index (χ1n) is 9.43. The molecular weight excluding hydrogens is 352 g/mol. The zero-order chi connectivity index (χ0) is 19.5. The summed E-state index contributed by atoms with van der Waals surface area (Å²) in [6, 6.07) is 15.6. The van der Waals surface area contributed by atoms with Crippen LogP contribution in [0.25, 0.3) is 10.9 Å². The van der Waals surface area contributed by atoms with E-state index in [1.165, 1.54) is 6.92 Å². The van der Waals surface area contributed by atoms with Gasteiger partial charge in [0.25, 0.3) is 0 Å². The Balaban J connectivity index is 1.63. The molecule has 3 aromatic rings. The SMILES string of the molecule is CC(=O)Nc1ccc(Nc2nc(N3CCN(C)CC3)c3ccccc3n2)cc1. The third-order valence-electron chi connectivity index (χ3n) is 4.85. The molecule has 0 bridgehead atoms. The minimum Gasteiger partial charge on any atom is -0.353 e. The molecule has 1 aliphatic heterocycles. The van der Waals surface area contributed by atoms with Crippen molar-refractivity contribution in [2.75, 3.05) is 48.8 Å². The lowest BCUT2D eigenvalue weighted by Crippen LogP contribution is -2.45. The van der Waals surface area contributed by atoms with E-state index in [4.69, 9.17) is 4.98 Å². The lowest BCUT2D eigenvalue weighted by atomic mass is 10.2. The number of rotatable bonds is 4. The normalized spacial score (nSPS) is 14.9. The summed E-state index contributed by atoms with van der Waals surface area (Å²) in [4.78, 5) is 25.3. The van der Waals surface area contributed by atoms with Crippen LogP contribution in [0.4, 0.5) is 23.1 Å². The molecule has 0 spiro atoms. The maximum atomic E-state index is 11.2. The second kappa shape index (κ2) is 7.82. The molecule has 2 N–H and O–H groups in total. The third kappa shape index (κ3) is 4.04. The van der Waals surface area contributed by atoms with Crippen molar-refractivity contribution in [3.05, 3.63) is 48.5 Å². The summed E-state index contributed by atoms with van der Waals surface area (Å²) in [7, 11) is 2.15. The zero-order valence-corrected chi connectivity index (χ0v) is 16.1. The highest BCUT2D eigenvalue weighted by Gasteiger charge is 2.19. The number of aromatic nitrogens is 2. The minimum atomic E-state index is -0.0876. The second-order valence-corrected chi connectivity index (χ2v) is 7.06. The molecule has 4 rings (SSSR count). The van der Waals surface area contributed by atoms with Gasteiger partial charge in [0.05, 0.1) is 5.52 Å². The van der Waals surface area contributed by atoms with Gasteiger partial charge in [-0.25, -0.2) is 4.98 Å². The first kappa shape index (κ1) is 18.2. The summed E-state index contributed by atoms with van der Waals surface area (Å²) in [6.07, 6.45) is 0. The summed E-state index contributed by atoms with van der Waals surface area (Å²) < 4.78 is 0. The summed E-state index contributed by atoms with van der Waals surface area (Å²) in [6.45, 7) is 5.43. The van der Waals surface area contributed by atoms with Crippen LogP contribution in [0.15, 0.2) is 48.5 Å². The number of nitrogens with one attached hydrogen (secondary N) is 2. The number of likely N-dealkylation sites (N-methyl/N-ethyl adjacent to an activating group) is 1. The van der Waals surface area contributed by atoms with Gasteiger partial charge in [0.1, 0.15) is 5.82 Å². The van der Waals surface area contributed by atoms with E-state index < -0.39 is 0 Å². The lowest BCUT2D eigenvalue weighted by Gasteiger charge is -2.33. The Labute approximate surface area is 164 Å². The molecule has 1 aliphatic rings. The zero-order valence-electron chi connectivity index (χ0n) is 16.1. The van der Waals surface area contributed by atoms with Gasteiger partial charge >= 0.3 is 0 Å². The van der Waals surface area contributed by atoms with Crippen LogP contribution >= 0.6 is 0 Å². The smallest absolute Gasteiger partial charge is 0.229 e. The van der Waals surface area contributed by atoms with Crippen LogP contribution in [0.5, 0.6) is 0 Å². The number of carbonyl (C=O) groups is 1. The standard InChI is InChI=1S/C21H24N6O/c1-15(28)22-16-7-9-17(10-8-16)23-21-24-19-6-4-3-5-18(19)20(25-21)27-13-11-26(2)12-14-27/h3-10H,11-14H2,1-2H3,(H,22,28)(H,23,24,25). The minimum absolute atomic E-state index is 0.0876. The van der Waals surface area contributed by atoms with Gasteiger partial charge in [-0.3, -0.25) is 4.79 Å². The molecule has 0 unspecified atom stereocenters. The number of para-hydroxylation sites is 1. The van der Waals surface area contributed by atoms with Crippen LogP contribution < -0.4 is 15.5 Å². The number of hydrogen-bond acceptors (Lipinski definition) is 6. The molecule has 7 nitrogen and oxygen atoms in total. The van der Waals surface area contributed by atoms with Crippen molar-refractivity contribution in [1.29, 1.82) is 0 Å².